The summed E-state index contributed by atoms with van der Waals surface area (Å²) >= 11 is 0. The fraction of sp³-hybridized carbons (Fsp3) is 0.588. The molecule has 0 aromatic carbocycles. The summed E-state index contributed by atoms with van der Waals surface area (Å²) in [5, 5.41) is 7.16. The molecular formula is C17H25N5O2. The number of carbonyl (C=O) groups excluding carboxylic acids is 1. The lowest BCUT2D eigenvalue weighted by Gasteiger charge is -2.35. The van der Waals surface area contributed by atoms with Gasteiger partial charge in [-0.25, -0.2) is 9.78 Å². The first-order valence-electron chi connectivity index (χ1n) is 8.61. The molecule has 2 amide bonds. The smallest absolute Gasteiger partial charge is 0.318 e. The van der Waals surface area contributed by atoms with E-state index in [1.54, 1.807) is 12.4 Å². The first-order valence-corrected chi connectivity index (χ1v) is 8.61. The molecule has 3 rings (SSSR count). The topological polar surface area (TPSA) is 87.0 Å². The van der Waals surface area contributed by atoms with Crippen LogP contribution in [-0.4, -0.2) is 32.6 Å². The van der Waals surface area contributed by atoms with Crippen LogP contribution in [0.3, 0.4) is 0 Å². The fourth-order valence-corrected chi connectivity index (χ4v) is 3.52. The molecule has 24 heavy (non-hydrogen) atoms. The molecule has 0 unspecified atom stereocenters. The SMILES string of the molecule is CC[C@H](NC(=O)N1CCCC[C@@H]1c1ncc[nH]1)c1c(C)noc1C. The number of piperidine rings is 1. The number of nitrogens with one attached hydrogen (secondary N) is 2. The van der Waals surface area contributed by atoms with Crippen LogP contribution in [0.4, 0.5) is 4.79 Å². The summed E-state index contributed by atoms with van der Waals surface area (Å²) in [6.07, 6.45) is 7.39. The zero-order valence-electron chi connectivity index (χ0n) is 14.5. The standard InChI is InChI=1S/C17H25N5O2/c1-4-13(15-11(2)21-24-12(15)3)20-17(23)22-10-6-5-7-14(22)16-18-8-9-19-16/h8-9,13-14H,4-7,10H2,1-3H3,(H,18,19)(H,20,23)/t13-,14+/m0/s1. The third kappa shape index (κ3) is 3.16. The number of amides is 2. The number of aromatic nitrogens is 3. The van der Waals surface area contributed by atoms with E-state index in [0.717, 1.165) is 55.1 Å². The third-order valence-corrected chi connectivity index (χ3v) is 4.74. The molecule has 0 aliphatic carbocycles. The number of imidazole rings is 1. The van der Waals surface area contributed by atoms with Crippen LogP contribution in [0.5, 0.6) is 0 Å². The summed E-state index contributed by atoms with van der Waals surface area (Å²) in [6.45, 7) is 6.59. The van der Waals surface area contributed by atoms with Crippen molar-refractivity contribution in [3.63, 3.8) is 0 Å². The maximum absolute atomic E-state index is 12.9. The molecule has 0 bridgehead atoms. The van der Waals surface area contributed by atoms with E-state index in [1.165, 1.54) is 0 Å². The van der Waals surface area contributed by atoms with Gasteiger partial charge in [0.25, 0.3) is 0 Å². The molecule has 7 heteroatoms. The average molecular weight is 331 g/mol. The van der Waals surface area contributed by atoms with E-state index in [0.29, 0.717) is 0 Å². The highest BCUT2D eigenvalue weighted by Crippen LogP contribution is 2.30. The Kier molecular flexibility index (Phi) is 4.87. The maximum atomic E-state index is 12.9. The van der Waals surface area contributed by atoms with Crippen molar-refractivity contribution in [3.05, 3.63) is 35.2 Å². The van der Waals surface area contributed by atoms with Crippen molar-refractivity contribution < 1.29 is 9.32 Å². The van der Waals surface area contributed by atoms with Crippen LogP contribution in [0, 0.1) is 13.8 Å². The van der Waals surface area contributed by atoms with Gasteiger partial charge in [0.05, 0.1) is 17.8 Å². The summed E-state index contributed by atoms with van der Waals surface area (Å²) < 4.78 is 5.26. The van der Waals surface area contributed by atoms with Crippen LogP contribution < -0.4 is 5.32 Å². The van der Waals surface area contributed by atoms with Crippen molar-refractivity contribution in [2.24, 2.45) is 0 Å². The fourth-order valence-electron chi connectivity index (χ4n) is 3.52. The van der Waals surface area contributed by atoms with E-state index in [4.69, 9.17) is 4.52 Å². The minimum absolute atomic E-state index is 0.0101. The van der Waals surface area contributed by atoms with E-state index in [9.17, 15) is 4.79 Å². The average Bonchev–Trinajstić information content (AvgIpc) is 3.23. The van der Waals surface area contributed by atoms with Gasteiger partial charge in [-0.1, -0.05) is 12.1 Å². The molecule has 0 saturated carbocycles. The predicted molar refractivity (Wildman–Crippen MR) is 89.4 cm³/mol. The first kappa shape index (κ1) is 16.5. The Balaban J connectivity index is 1.77. The van der Waals surface area contributed by atoms with Gasteiger partial charge in [0.2, 0.25) is 0 Å². The van der Waals surface area contributed by atoms with Crippen LogP contribution in [0.25, 0.3) is 0 Å². The first-order chi connectivity index (χ1) is 11.6. The van der Waals surface area contributed by atoms with Gasteiger partial charge in [0.15, 0.2) is 0 Å². The molecule has 1 fully saturated rings. The number of hydrogen-bond acceptors (Lipinski definition) is 4. The molecule has 0 radical (unpaired) electrons. The van der Waals surface area contributed by atoms with Crippen LogP contribution in [0.15, 0.2) is 16.9 Å². The summed E-state index contributed by atoms with van der Waals surface area (Å²) in [7, 11) is 0. The molecule has 1 aliphatic heterocycles. The molecule has 1 aliphatic rings. The summed E-state index contributed by atoms with van der Waals surface area (Å²) in [5.74, 6) is 1.62. The molecule has 2 atom stereocenters. The summed E-state index contributed by atoms with van der Waals surface area (Å²) in [4.78, 5) is 22.3. The Morgan fingerprint density at radius 3 is 2.96 bits per heavy atom. The Morgan fingerprint density at radius 1 is 1.50 bits per heavy atom. The number of rotatable bonds is 4. The Hall–Kier alpha value is -2.31. The van der Waals surface area contributed by atoms with Crippen molar-refractivity contribution >= 4 is 6.03 Å². The largest absolute Gasteiger partial charge is 0.361 e. The molecule has 7 nitrogen and oxygen atoms in total. The zero-order valence-corrected chi connectivity index (χ0v) is 14.5. The molecule has 2 N–H and O–H groups in total. The van der Waals surface area contributed by atoms with Crippen molar-refractivity contribution in [1.29, 1.82) is 0 Å². The Bertz CT molecular complexity index is 660. The molecule has 2 aromatic rings. The molecule has 130 valence electrons. The van der Waals surface area contributed by atoms with Crippen LogP contribution in [-0.2, 0) is 0 Å². The quantitative estimate of drug-likeness (QED) is 0.899. The van der Waals surface area contributed by atoms with Gasteiger partial charge in [0, 0.05) is 24.5 Å². The maximum Gasteiger partial charge on any atom is 0.318 e. The monoisotopic (exact) mass is 331 g/mol. The zero-order chi connectivity index (χ0) is 17.1. The second-order valence-corrected chi connectivity index (χ2v) is 6.33. The van der Waals surface area contributed by atoms with Gasteiger partial charge in [-0.05, 0) is 39.5 Å². The second-order valence-electron chi connectivity index (χ2n) is 6.33. The lowest BCUT2D eigenvalue weighted by Crippen LogP contribution is -2.46. The van der Waals surface area contributed by atoms with Gasteiger partial charge in [-0.2, -0.15) is 0 Å². The van der Waals surface area contributed by atoms with Crippen molar-refractivity contribution in [2.45, 2.75) is 58.5 Å². The molecule has 1 saturated heterocycles. The number of carbonyl (C=O) groups is 1. The highest BCUT2D eigenvalue weighted by Gasteiger charge is 2.31. The van der Waals surface area contributed by atoms with E-state index >= 15 is 0 Å². The predicted octanol–water partition coefficient (Wildman–Crippen LogP) is 3.40. The van der Waals surface area contributed by atoms with Crippen molar-refractivity contribution in [3.8, 4) is 0 Å². The minimum Gasteiger partial charge on any atom is -0.361 e. The molecule has 0 spiro atoms. The number of H-pyrrole nitrogens is 1. The normalized spacial score (nSPS) is 19.3. The van der Waals surface area contributed by atoms with Crippen LogP contribution in [0.1, 0.15) is 67.5 Å². The number of aromatic amines is 1. The van der Waals surface area contributed by atoms with E-state index in [1.807, 2.05) is 18.7 Å². The van der Waals surface area contributed by atoms with Crippen LogP contribution in [0.2, 0.25) is 0 Å². The lowest BCUT2D eigenvalue weighted by molar-refractivity contribution is 0.144. The van der Waals surface area contributed by atoms with Gasteiger partial charge in [-0.15, -0.1) is 0 Å². The number of likely N-dealkylation sites (tertiary alicyclic amines) is 1. The van der Waals surface area contributed by atoms with Crippen molar-refractivity contribution in [2.75, 3.05) is 6.54 Å². The second kappa shape index (κ2) is 7.07. The number of aryl methyl sites for hydroxylation is 2. The number of nitrogens with zero attached hydrogens (tertiary/aromatic N) is 3. The van der Waals surface area contributed by atoms with Gasteiger partial charge in [0.1, 0.15) is 11.6 Å². The molecular weight excluding hydrogens is 306 g/mol. The molecule has 2 aromatic heterocycles. The van der Waals surface area contributed by atoms with E-state index in [2.05, 4.69) is 27.4 Å². The van der Waals surface area contributed by atoms with Gasteiger partial charge in [-0.3, -0.25) is 0 Å². The number of urea groups is 1. The highest BCUT2D eigenvalue weighted by molar-refractivity contribution is 5.75. The van der Waals surface area contributed by atoms with E-state index < -0.39 is 0 Å². The van der Waals surface area contributed by atoms with Gasteiger partial charge >= 0.3 is 6.03 Å². The summed E-state index contributed by atoms with van der Waals surface area (Å²) in [5.41, 5.74) is 1.82. The van der Waals surface area contributed by atoms with Gasteiger partial charge < -0.3 is 19.7 Å². The minimum atomic E-state index is -0.0945. The third-order valence-electron chi connectivity index (χ3n) is 4.74. The molecule has 3 heterocycles. The number of hydrogen-bond donors (Lipinski definition) is 2. The van der Waals surface area contributed by atoms with Crippen LogP contribution >= 0.6 is 0 Å². The Labute approximate surface area is 141 Å². The van der Waals surface area contributed by atoms with E-state index in [-0.39, 0.29) is 18.1 Å². The highest BCUT2D eigenvalue weighted by atomic mass is 16.5. The lowest BCUT2D eigenvalue weighted by atomic mass is 10.0. The summed E-state index contributed by atoms with van der Waals surface area (Å²) in [6, 6.07) is -0.137. The van der Waals surface area contributed by atoms with Crippen molar-refractivity contribution in [1.82, 2.24) is 25.3 Å². The Morgan fingerprint density at radius 2 is 2.33 bits per heavy atom.